The maximum atomic E-state index is 11.9. The van der Waals surface area contributed by atoms with E-state index in [4.69, 9.17) is 11.6 Å². The first kappa shape index (κ1) is 12.8. The minimum absolute atomic E-state index is 0.310. The molecule has 1 aliphatic rings. The zero-order chi connectivity index (χ0) is 11.1. The van der Waals surface area contributed by atoms with E-state index in [0.717, 1.165) is 19.4 Å². The Morgan fingerprint density at radius 1 is 1.33 bits per heavy atom. The molecule has 1 fully saturated rings. The second-order valence-electron chi connectivity index (χ2n) is 4.42. The molecule has 0 aromatic rings. The van der Waals surface area contributed by atoms with Crippen molar-refractivity contribution in [2.45, 2.75) is 45.4 Å². The molecule has 0 unspecified atom stereocenters. The van der Waals surface area contributed by atoms with Crippen molar-refractivity contribution in [1.29, 1.82) is 0 Å². The van der Waals surface area contributed by atoms with Crippen LogP contribution in [0.3, 0.4) is 0 Å². The van der Waals surface area contributed by atoms with Gasteiger partial charge in [0.25, 0.3) is 0 Å². The van der Waals surface area contributed by atoms with Gasteiger partial charge >= 0.3 is 0 Å². The fourth-order valence-corrected chi connectivity index (χ4v) is 2.53. The third kappa shape index (κ3) is 4.42. The molecule has 1 aliphatic carbocycles. The molecule has 0 atom stereocenters. The second-order valence-corrected chi connectivity index (χ2v) is 4.80. The summed E-state index contributed by atoms with van der Waals surface area (Å²) in [6.45, 7) is 3.67. The molecule has 88 valence electrons. The van der Waals surface area contributed by atoms with Gasteiger partial charge in [-0.05, 0) is 25.2 Å². The molecule has 0 N–H and O–H groups in total. The fraction of sp³-hybridized carbons (Fsp3) is 0.917. The summed E-state index contributed by atoms with van der Waals surface area (Å²) in [5.41, 5.74) is 0. The number of hydrogen-bond acceptors (Lipinski definition) is 1. The van der Waals surface area contributed by atoms with Crippen LogP contribution in [-0.4, -0.2) is 29.8 Å². The van der Waals surface area contributed by atoms with E-state index in [0.29, 0.717) is 24.2 Å². The molecule has 3 heteroatoms. The van der Waals surface area contributed by atoms with E-state index >= 15 is 0 Å². The summed E-state index contributed by atoms with van der Waals surface area (Å²) < 4.78 is 0. The number of carbonyl (C=O) groups excluding carboxylic acids is 1. The zero-order valence-electron chi connectivity index (χ0n) is 9.67. The Hall–Kier alpha value is -0.240. The Morgan fingerprint density at radius 3 is 2.53 bits per heavy atom. The van der Waals surface area contributed by atoms with Crippen LogP contribution in [0.25, 0.3) is 0 Å². The lowest BCUT2D eigenvalue weighted by Gasteiger charge is -2.22. The Morgan fingerprint density at radius 2 is 2.00 bits per heavy atom. The molecular formula is C12H22ClNO. The van der Waals surface area contributed by atoms with Crippen LogP contribution in [-0.2, 0) is 4.79 Å². The van der Waals surface area contributed by atoms with Crippen molar-refractivity contribution in [1.82, 2.24) is 4.90 Å². The van der Waals surface area contributed by atoms with Crippen LogP contribution in [0.1, 0.15) is 45.4 Å². The van der Waals surface area contributed by atoms with Crippen molar-refractivity contribution >= 4 is 17.5 Å². The van der Waals surface area contributed by atoms with E-state index in [1.165, 1.54) is 25.7 Å². The lowest BCUT2D eigenvalue weighted by molar-refractivity contribution is -0.132. The largest absolute Gasteiger partial charge is 0.342 e. The SMILES string of the molecule is CCCN(CCCl)C(=O)CC1CCCC1. The monoisotopic (exact) mass is 231 g/mol. The number of amides is 1. The van der Waals surface area contributed by atoms with Crippen molar-refractivity contribution in [3.05, 3.63) is 0 Å². The molecule has 0 aliphatic heterocycles. The molecule has 0 saturated heterocycles. The molecule has 0 heterocycles. The molecule has 0 radical (unpaired) electrons. The summed E-state index contributed by atoms with van der Waals surface area (Å²) in [5.74, 6) is 1.51. The lowest BCUT2D eigenvalue weighted by atomic mass is 10.0. The van der Waals surface area contributed by atoms with Gasteiger partial charge in [0.15, 0.2) is 0 Å². The number of carbonyl (C=O) groups is 1. The van der Waals surface area contributed by atoms with Crippen LogP contribution in [0.15, 0.2) is 0 Å². The molecule has 1 rings (SSSR count). The van der Waals surface area contributed by atoms with Crippen molar-refractivity contribution in [3.8, 4) is 0 Å². The van der Waals surface area contributed by atoms with Crippen LogP contribution in [0.4, 0.5) is 0 Å². The van der Waals surface area contributed by atoms with Gasteiger partial charge in [0, 0.05) is 25.4 Å². The van der Waals surface area contributed by atoms with Crippen LogP contribution in [0.5, 0.6) is 0 Å². The van der Waals surface area contributed by atoms with Crippen LogP contribution in [0, 0.1) is 5.92 Å². The van der Waals surface area contributed by atoms with Gasteiger partial charge in [-0.3, -0.25) is 4.79 Å². The highest BCUT2D eigenvalue weighted by molar-refractivity contribution is 6.18. The van der Waals surface area contributed by atoms with Crippen LogP contribution < -0.4 is 0 Å². The van der Waals surface area contributed by atoms with Gasteiger partial charge < -0.3 is 4.90 Å². The number of halogens is 1. The van der Waals surface area contributed by atoms with Crippen molar-refractivity contribution in [2.75, 3.05) is 19.0 Å². The molecule has 1 amide bonds. The van der Waals surface area contributed by atoms with E-state index in [-0.39, 0.29) is 0 Å². The summed E-state index contributed by atoms with van der Waals surface area (Å²) in [6, 6.07) is 0. The third-order valence-corrected chi connectivity index (χ3v) is 3.31. The highest BCUT2D eigenvalue weighted by Crippen LogP contribution is 2.28. The number of nitrogens with zero attached hydrogens (tertiary/aromatic N) is 1. The first-order valence-electron chi connectivity index (χ1n) is 6.11. The summed E-state index contributed by atoms with van der Waals surface area (Å²) in [7, 11) is 0. The Kier molecular flexibility index (Phi) is 6.07. The minimum atomic E-state index is 0.310. The van der Waals surface area contributed by atoms with Crippen molar-refractivity contribution in [3.63, 3.8) is 0 Å². The molecule has 15 heavy (non-hydrogen) atoms. The molecule has 0 aromatic heterocycles. The van der Waals surface area contributed by atoms with E-state index in [1.54, 1.807) is 0 Å². The van der Waals surface area contributed by atoms with Gasteiger partial charge in [-0.2, -0.15) is 0 Å². The standard InChI is InChI=1S/C12H22ClNO/c1-2-8-14(9-7-13)12(15)10-11-5-3-4-6-11/h11H,2-10H2,1H3. The van der Waals surface area contributed by atoms with E-state index in [1.807, 2.05) is 4.90 Å². The molecule has 0 bridgehead atoms. The van der Waals surface area contributed by atoms with Crippen molar-refractivity contribution in [2.24, 2.45) is 5.92 Å². The number of hydrogen-bond donors (Lipinski definition) is 0. The van der Waals surface area contributed by atoms with Gasteiger partial charge in [0.1, 0.15) is 0 Å². The van der Waals surface area contributed by atoms with E-state index < -0.39 is 0 Å². The molecule has 0 spiro atoms. The topological polar surface area (TPSA) is 20.3 Å². The molecule has 1 saturated carbocycles. The van der Waals surface area contributed by atoms with E-state index in [9.17, 15) is 4.79 Å². The summed E-state index contributed by atoms with van der Waals surface area (Å²) in [5, 5.41) is 0. The average Bonchev–Trinajstić information content (AvgIpc) is 2.70. The smallest absolute Gasteiger partial charge is 0.222 e. The Bertz CT molecular complexity index is 184. The zero-order valence-corrected chi connectivity index (χ0v) is 10.4. The fourth-order valence-electron chi connectivity index (χ4n) is 2.32. The van der Waals surface area contributed by atoms with Gasteiger partial charge in [-0.1, -0.05) is 19.8 Å². The first-order chi connectivity index (χ1) is 7.27. The first-order valence-corrected chi connectivity index (χ1v) is 6.65. The number of alkyl halides is 1. The van der Waals surface area contributed by atoms with Gasteiger partial charge in [-0.15, -0.1) is 11.6 Å². The predicted molar refractivity (Wildman–Crippen MR) is 64.2 cm³/mol. The normalized spacial score (nSPS) is 16.9. The highest BCUT2D eigenvalue weighted by Gasteiger charge is 2.21. The van der Waals surface area contributed by atoms with Crippen LogP contribution in [0.2, 0.25) is 0 Å². The quantitative estimate of drug-likeness (QED) is 0.644. The van der Waals surface area contributed by atoms with E-state index in [2.05, 4.69) is 6.92 Å². The van der Waals surface area contributed by atoms with Gasteiger partial charge in [-0.25, -0.2) is 0 Å². The summed E-state index contributed by atoms with van der Waals surface area (Å²) in [6.07, 6.45) is 6.87. The highest BCUT2D eigenvalue weighted by atomic mass is 35.5. The molecule has 0 aromatic carbocycles. The predicted octanol–water partition coefficient (Wildman–Crippen LogP) is 3.04. The maximum Gasteiger partial charge on any atom is 0.222 e. The number of rotatable bonds is 6. The molecular weight excluding hydrogens is 210 g/mol. The molecule has 2 nitrogen and oxygen atoms in total. The van der Waals surface area contributed by atoms with Crippen LogP contribution >= 0.6 is 11.6 Å². The lowest BCUT2D eigenvalue weighted by Crippen LogP contribution is -2.34. The van der Waals surface area contributed by atoms with Crippen molar-refractivity contribution < 1.29 is 4.79 Å². The Balaban J connectivity index is 2.33. The third-order valence-electron chi connectivity index (χ3n) is 3.14. The minimum Gasteiger partial charge on any atom is -0.342 e. The Labute approximate surface area is 98.0 Å². The van der Waals surface area contributed by atoms with Gasteiger partial charge in [0.2, 0.25) is 5.91 Å². The second kappa shape index (κ2) is 7.10. The maximum absolute atomic E-state index is 11.9. The summed E-state index contributed by atoms with van der Waals surface area (Å²) >= 11 is 5.70. The van der Waals surface area contributed by atoms with Gasteiger partial charge in [0.05, 0.1) is 0 Å². The summed E-state index contributed by atoms with van der Waals surface area (Å²) in [4.78, 5) is 13.9. The average molecular weight is 232 g/mol.